The van der Waals surface area contributed by atoms with E-state index in [-0.39, 0.29) is 11.2 Å². The molecule has 1 aromatic heterocycles. The number of hydrogen-bond donors (Lipinski definition) is 0. The van der Waals surface area contributed by atoms with Crippen molar-refractivity contribution in [3.05, 3.63) is 30.1 Å². The smallest absolute Gasteiger partial charge is 0.130 e. The van der Waals surface area contributed by atoms with Crippen LogP contribution in [0.1, 0.15) is 32.9 Å². The Labute approximate surface area is 79.0 Å². The van der Waals surface area contributed by atoms with E-state index in [2.05, 4.69) is 4.98 Å². The molecule has 70 valence electrons. The maximum Gasteiger partial charge on any atom is 0.130 e. The maximum atomic E-state index is 11.0. The zero-order valence-corrected chi connectivity index (χ0v) is 8.37. The number of Topliss-reactive ketones (excluding diaryl/α,β-unsaturated/α-hetero) is 1. The monoisotopic (exact) mass is 177 g/mol. The zero-order chi connectivity index (χ0) is 9.90. The van der Waals surface area contributed by atoms with Crippen molar-refractivity contribution in [2.75, 3.05) is 0 Å². The molecule has 1 heterocycles. The topological polar surface area (TPSA) is 30.0 Å². The van der Waals surface area contributed by atoms with Gasteiger partial charge in [-0.1, -0.05) is 19.9 Å². The lowest BCUT2D eigenvalue weighted by molar-refractivity contribution is -0.118. The van der Waals surface area contributed by atoms with Crippen molar-refractivity contribution < 1.29 is 4.79 Å². The summed E-state index contributed by atoms with van der Waals surface area (Å²) in [5.74, 6) is 0.204. The van der Waals surface area contributed by atoms with Crippen LogP contribution in [0.2, 0.25) is 0 Å². The molecule has 2 nitrogen and oxygen atoms in total. The van der Waals surface area contributed by atoms with Gasteiger partial charge in [0, 0.05) is 23.7 Å². The molecule has 0 aliphatic carbocycles. The fourth-order valence-corrected chi connectivity index (χ4v) is 1.48. The third-order valence-electron chi connectivity index (χ3n) is 2.05. The van der Waals surface area contributed by atoms with Gasteiger partial charge in [0.15, 0.2) is 0 Å². The first-order valence-corrected chi connectivity index (χ1v) is 4.43. The van der Waals surface area contributed by atoms with E-state index >= 15 is 0 Å². The first-order valence-electron chi connectivity index (χ1n) is 4.43. The van der Waals surface area contributed by atoms with Gasteiger partial charge >= 0.3 is 0 Å². The average Bonchev–Trinajstić information content (AvgIpc) is 2.04. The molecule has 0 aromatic carbocycles. The van der Waals surface area contributed by atoms with E-state index in [1.54, 1.807) is 13.1 Å². The predicted molar refractivity (Wildman–Crippen MR) is 52.6 cm³/mol. The van der Waals surface area contributed by atoms with Gasteiger partial charge in [-0.3, -0.25) is 9.78 Å². The lowest BCUT2D eigenvalue weighted by Crippen LogP contribution is -2.21. The number of ketones is 1. The van der Waals surface area contributed by atoms with Crippen LogP contribution in [0.15, 0.2) is 24.4 Å². The average molecular weight is 177 g/mol. The van der Waals surface area contributed by atoms with E-state index in [4.69, 9.17) is 0 Å². The standard InChI is InChI=1S/C11H15NO/c1-9(13)8-11(2,3)10-6-4-5-7-12-10/h4-7H,8H2,1-3H3. The van der Waals surface area contributed by atoms with Crippen molar-refractivity contribution in [2.45, 2.75) is 32.6 Å². The quantitative estimate of drug-likeness (QED) is 0.709. The minimum atomic E-state index is -0.146. The van der Waals surface area contributed by atoms with Gasteiger partial charge in [0.1, 0.15) is 5.78 Å². The minimum absolute atomic E-state index is 0.146. The van der Waals surface area contributed by atoms with Gasteiger partial charge < -0.3 is 0 Å². The lowest BCUT2D eigenvalue weighted by atomic mass is 9.84. The molecule has 0 saturated carbocycles. The molecule has 0 bridgehead atoms. The van der Waals surface area contributed by atoms with E-state index in [0.717, 1.165) is 5.69 Å². The Hall–Kier alpha value is -1.18. The van der Waals surface area contributed by atoms with E-state index in [9.17, 15) is 4.79 Å². The van der Waals surface area contributed by atoms with Crippen LogP contribution in [-0.2, 0) is 10.2 Å². The Bertz CT molecular complexity index is 290. The number of carbonyl (C=O) groups is 1. The van der Waals surface area contributed by atoms with Crippen molar-refractivity contribution in [1.82, 2.24) is 4.98 Å². The van der Waals surface area contributed by atoms with E-state index in [1.807, 2.05) is 32.0 Å². The van der Waals surface area contributed by atoms with E-state index < -0.39 is 0 Å². The van der Waals surface area contributed by atoms with Gasteiger partial charge in [-0.2, -0.15) is 0 Å². The highest BCUT2D eigenvalue weighted by Crippen LogP contribution is 2.24. The molecule has 0 radical (unpaired) electrons. The van der Waals surface area contributed by atoms with Crippen LogP contribution in [0.3, 0.4) is 0 Å². The molecule has 0 N–H and O–H groups in total. The summed E-state index contributed by atoms with van der Waals surface area (Å²) in [7, 11) is 0. The van der Waals surface area contributed by atoms with Crippen molar-refractivity contribution in [1.29, 1.82) is 0 Å². The first kappa shape index (κ1) is 9.90. The number of aromatic nitrogens is 1. The summed E-state index contributed by atoms with van der Waals surface area (Å²) in [6.45, 7) is 5.69. The van der Waals surface area contributed by atoms with Gasteiger partial charge in [-0.25, -0.2) is 0 Å². The second-order valence-electron chi connectivity index (χ2n) is 3.98. The lowest BCUT2D eigenvalue weighted by Gasteiger charge is -2.22. The molecule has 0 atom stereocenters. The van der Waals surface area contributed by atoms with Crippen LogP contribution in [-0.4, -0.2) is 10.8 Å². The van der Waals surface area contributed by atoms with Gasteiger partial charge in [0.25, 0.3) is 0 Å². The van der Waals surface area contributed by atoms with Crippen LogP contribution in [0.25, 0.3) is 0 Å². The molecule has 1 rings (SSSR count). The highest BCUT2D eigenvalue weighted by atomic mass is 16.1. The van der Waals surface area contributed by atoms with Crippen molar-refractivity contribution in [3.8, 4) is 0 Å². The summed E-state index contributed by atoms with van der Waals surface area (Å²) in [4.78, 5) is 15.3. The summed E-state index contributed by atoms with van der Waals surface area (Å²) in [5.41, 5.74) is 0.831. The third-order valence-corrected chi connectivity index (χ3v) is 2.05. The molecule has 2 heteroatoms. The number of nitrogens with zero attached hydrogens (tertiary/aromatic N) is 1. The fraction of sp³-hybridized carbons (Fsp3) is 0.455. The van der Waals surface area contributed by atoms with Crippen molar-refractivity contribution in [2.24, 2.45) is 0 Å². The molecule has 0 saturated heterocycles. The van der Waals surface area contributed by atoms with Crippen molar-refractivity contribution in [3.63, 3.8) is 0 Å². The molecule has 13 heavy (non-hydrogen) atoms. The van der Waals surface area contributed by atoms with E-state index in [0.29, 0.717) is 6.42 Å². The van der Waals surface area contributed by atoms with Crippen LogP contribution < -0.4 is 0 Å². The predicted octanol–water partition coefficient (Wildman–Crippen LogP) is 2.34. The summed E-state index contributed by atoms with van der Waals surface area (Å²) in [6.07, 6.45) is 2.31. The summed E-state index contributed by atoms with van der Waals surface area (Å²) in [5, 5.41) is 0. The molecule has 0 spiro atoms. The Morgan fingerprint density at radius 1 is 1.46 bits per heavy atom. The Balaban J connectivity index is 2.87. The van der Waals surface area contributed by atoms with Crippen LogP contribution in [0.4, 0.5) is 0 Å². The molecule has 0 unspecified atom stereocenters. The summed E-state index contributed by atoms with van der Waals surface area (Å²) in [6, 6.07) is 5.79. The summed E-state index contributed by atoms with van der Waals surface area (Å²) >= 11 is 0. The molecular weight excluding hydrogens is 162 g/mol. The second kappa shape index (κ2) is 3.69. The normalized spacial score (nSPS) is 11.3. The summed E-state index contributed by atoms with van der Waals surface area (Å²) < 4.78 is 0. The van der Waals surface area contributed by atoms with Gasteiger partial charge in [-0.05, 0) is 19.1 Å². The molecule has 0 aliphatic rings. The highest BCUT2D eigenvalue weighted by molar-refractivity contribution is 5.76. The fourth-order valence-electron chi connectivity index (χ4n) is 1.48. The van der Waals surface area contributed by atoms with Gasteiger partial charge in [-0.15, -0.1) is 0 Å². The number of carbonyl (C=O) groups excluding carboxylic acids is 1. The first-order chi connectivity index (χ1) is 6.02. The van der Waals surface area contributed by atoms with Gasteiger partial charge in [0.2, 0.25) is 0 Å². The maximum absolute atomic E-state index is 11.0. The van der Waals surface area contributed by atoms with Crippen LogP contribution in [0.5, 0.6) is 0 Å². The number of rotatable bonds is 3. The Morgan fingerprint density at radius 2 is 2.15 bits per heavy atom. The van der Waals surface area contributed by atoms with Gasteiger partial charge in [0.05, 0.1) is 0 Å². The van der Waals surface area contributed by atoms with E-state index in [1.165, 1.54) is 0 Å². The molecule has 0 aliphatic heterocycles. The Morgan fingerprint density at radius 3 is 2.62 bits per heavy atom. The highest BCUT2D eigenvalue weighted by Gasteiger charge is 2.23. The van der Waals surface area contributed by atoms with Crippen LogP contribution >= 0.6 is 0 Å². The van der Waals surface area contributed by atoms with Crippen LogP contribution in [0, 0.1) is 0 Å². The molecule has 0 fully saturated rings. The van der Waals surface area contributed by atoms with Crippen molar-refractivity contribution >= 4 is 5.78 Å². The number of hydrogen-bond acceptors (Lipinski definition) is 2. The zero-order valence-electron chi connectivity index (χ0n) is 8.37. The number of pyridine rings is 1. The third kappa shape index (κ3) is 2.65. The molecule has 0 amide bonds. The molecular formula is C11H15NO. The second-order valence-corrected chi connectivity index (χ2v) is 3.98. The SMILES string of the molecule is CC(=O)CC(C)(C)c1ccccn1. The largest absolute Gasteiger partial charge is 0.300 e. The minimum Gasteiger partial charge on any atom is -0.300 e. The Kier molecular flexibility index (Phi) is 2.81. The molecule has 1 aromatic rings.